The molecule has 31 heavy (non-hydrogen) atoms. The lowest BCUT2D eigenvalue weighted by Gasteiger charge is -2.20. The molecule has 3 amide bonds. The number of anilines is 1. The van der Waals surface area contributed by atoms with Crippen molar-refractivity contribution in [1.82, 2.24) is 9.62 Å². The van der Waals surface area contributed by atoms with E-state index >= 15 is 0 Å². The molecule has 2 N–H and O–H groups in total. The summed E-state index contributed by atoms with van der Waals surface area (Å²) in [4.78, 5) is 37.5. The highest BCUT2D eigenvalue weighted by molar-refractivity contribution is 8.14. The van der Waals surface area contributed by atoms with E-state index < -0.39 is 21.5 Å². The van der Waals surface area contributed by atoms with Gasteiger partial charge in [0, 0.05) is 16.8 Å². The largest absolute Gasteiger partial charge is 0.322 e. The highest BCUT2D eigenvalue weighted by Crippen LogP contribution is 2.22. The minimum atomic E-state index is -3.74. The lowest BCUT2D eigenvalue weighted by Crippen LogP contribution is -2.40. The summed E-state index contributed by atoms with van der Waals surface area (Å²) in [5, 5.41) is 2.39. The van der Waals surface area contributed by atoms with Gasteiger partial charge in [-0.15, -0.1) is 0 Å². The fraction of sp³-hybridized carbons (Fsp3) is 0.286. The molecule has 0 aliphatic carbocycles. The Bertz CT molecular complexity index is 1120. The predicted molar refractivity (Wildman–Crippen MR) is 119 cm³/mol. The van der Waals surface area contributed by atoms with E-state index in [2.05, 4.69) is 10.0 Å². The average Bonchev–Trinajstić information content (AvgIpc) is 2.99. The van der Waals surface area contributed by atoms with Crippen LogP contribution in [-0.4, -0.2) is 41.7 Å². The molecule has 0 unspecified atom stereocenters. The normalized spacial score (nSPS) is 14.7. The molecular formula is C21H23N3O5S2. The first-order valence-electron chi connectivity index (χ1n) is 9.46. The van der Waals surface area contributed by atoms with Gasteiger partial charge in [0.1, 0.15) is 0 Å². The van der Waals surface area contributed by atoms with Gasteiger partial charge < -0.3 is 5.32 Å². The fourth-order valence-electron chi connectivity index (χ4n) is 2.93. The van der Waals surface area contributed by atoms with E-state index in [9.17, 15) is 22.8 Å². The van der Waals surface area contributed by atoms with Gasteiger partial charge in [0.05, 0.1) is 17.2 Å². The number of amides is 3. The first-order chi connectivity index (χ1) is 14.4. The van der Waals surface area contributed by atoms with Crippen molar-refractivity contribution in [3.63, 3.8) is 0 Å². The highest BCUT2D eigenvalue weighted by Gasteiger charge is 2.29. The predicted octanol–water partition coefficient (Wildman–Crippen LogP) is 3.21. The number of nitrogens with one attached hydrogen (secondary N) is 2. The molecule has 1 aliphatic heterocycles. The van der Waals surface area contributed by atoms with Crippen molar-refractivity contribution in [2.45, 2.75) is 37.8 Å². The van der Waals surface area contributed by atoms with Gasteiger partial charge in [-0.25, -0.2) is 13.1 Å². The minimum absolute atomic E-state index is 0.0394. The minimum Gasteiger partial charge on any atom is -0.322 e. The Morgan fingerprint density at radius 2 is 1.81 bits per heavy atom. The monoisotopic (exact) mass is 461 g/mol. The Balaban J connectivity index is 1.75. The van der Waals surface area contributed by atoms with Gasteiger partial charge in [0.25, 0.3) is 11.1 Å². The Hall–Kier alpha value is -2.69. The van der Waals surface area contributed by atoms with Crippen LogP contribution in [0.2, 0.25) is 0 Å². The van der Waals surface area contributed by atoms with Crippen molar-refractivity contribution in [1.29, 1.82) is 0 Å². The maximum atomic E-state index is 12.7. The van der Waals surface area contributed by atoms with E-state index in [4.69, 9.17) is 0 Å². The van der Waals surface area contributed by atoms with Gasteiger partial charge in [-0.1, -0.05) is 30.0 Å². The van der Waals surface area contributed by atoms with E-state index in [1.165, 1.54) is 12.1 Å². The summed E-state index contributed by atoms with van der Waals surface area (Å²) in [6.45, 7) is 5.32. The molecular weight excluding hydrogens is 438 g/mol. The van der Waals surface area contributed by atoms with Crippen molar-refractivity contribution in [2.24, 2.45) is 0 Å². The number of carbonyl (C=O) groups is 3. The van der Waals surface area contributed by atoms with Gasteiger partial charge in [-0.05, 0) is 56.7 Å². The lowest BCUT2D eigenvalue weighted by molar-refractivity contribution is -0.125. The molecule has 0 atom stereocenters. The Labute approximate surface area is 185 Å². The third-order valence-corrected chi connectivity index (χ3v) is 6.83. The molecule has 0 saturated carbocycles. The average molecular weight is 462 g/mol. The zero-order valence-electron chi connectivity index (χ0n) is 17.3. The topological polar surface area (TPSA) is 113 Å². The molecule has 0 aromatic heterocycles. The second-order valence-corrected chi connectivity index (χ2v) is 10.7. The molecule has 10 heteroatoms. The SMILES string of the molecule is CC(C)(C)NS(=O)(=O)c1cccc(NC(=O)c2cccc(CN3C(=O)CSC3=O)c2)c1. The van der Waals surface area contributed by atoms with Crippen LogP contribution in [-0.2, 0) is 21.4 Å². The fourth-order valence-corrected chi connectivity index (χ4v) is 5.12. The van der Waals surface area contributed by atoms with Gasteiger partial charge in [-0.3, -0.25) is 19.3 Å². The molecule has 1 aliphatic rings. The Morgan fingerprint density at radius 1 is 1.10 bits per heavy atom. The number of hydrogen-bond donors (Lipinski definition) is 2. The van der Waals surface area contributed by atoms with Crippen LogP contribution in [0.15, 0.2) is 53.4 Å². The summed E-state index contributed by atoms with van der Waals surface area (Å²) in [6, 6.07) is 12.6. The Kier molecular flexibility index (Phi) is 6.54. The second kappa shape index (κ2) is 8.81. The van der Waals surface area contributed by atoms with Crippen molar-refractivity contribution in [3.05, 3.63) is 59.7 Å². The molecule has 0 bridgehead atoms. The number of nitrogens with zero attached hydrogens (tertiary/aromatic N) is 1. The number of carbonyl (C=O) groups excluding carboxylic acids is 3. The van der Waals surface area contributed by atoms with Crippen LogP contribution in [0.5, 0.6) is 0 Å². The summed E-state index contributed by atoms with van der Waals surface area (Å²) in [6.07, 6.45) is 0. The number of hydrogen-bond acceptors (Lipinski definition) is 6. The first-order valence-corrected chi connectivity index (χ1v) is 11.9. The van der Waals surface area contributed by atoms with Crippen LogP contribution in [0, 0.1) is 0 Å². The van der Waals surface area contributed by atoms with E-state index in [1.54, 1.807) is 57.2 Å². The zero-order chi connectivity index (χ0) is 22.8. The molecule has 1 fully saturated rings. The summed E-state index contributed by atoms with van der Waals surface area (Å²) in [5.41, 5.74) is 0.649. The maximum Gasteiger partial charge on any atom is 0.289 e. The van der Waals surface area contributed by atoms with Crippen LogP contribution < -0.4 is 10.0 Å². The number of rotatable bonds is 6. The van der Waals surface area contributed by atoms with E-state index in [-0.39, 0.29) is 28.3 Å². The van der Waals surface area contributed by atoms with E-state index in [0.29, 0.717) is 16.8 Å². The summed E-state index contributed by atoms with van der Waals surface area (Å²) in [7, 11) is -3.74. The molecule has 164 valence electrons. The van der Waals surface area contributed by atoms with Crippen LogP contribution in [0.4, 0.5) is 10.5 Å². The van der Waals surface area contributed by atoms with Crippen LogP contribution >= 0.6 is 11.8 Å². The molecule has 3 rings (SSSR count). The summed E-state index contributed by atoms with van der Waals surface area (Å²) in [5.74, 6) is -0.567. The van der Waals surface area contributed by atoms with Crippen LogP contribution in [0.3, 0.4) is 0 Å². The molecule has 1 saturated heterocycles. The second-order valence-electron chi connectivity index (χ2n) is 8.07. The van der Waals surface area contributed by atoms with Gasteiger partial charge in [0.15, 0.2) is 0 Å². The van der Waals surface area contributed by atoms with Gasteiger partial charge in [-0.2, -0.15) is 0 Å². The van der Waals surface area contributed by atoms with Crippen molar-refractivity contribution < 1.29 is 22.8 Å². The molecule has 2 aromatic carbocycles. The lowest BCUT2D eigenvalue weighted by atomic mass is 10.1. The molecule has 2 aromatic rings. The van der Waals surface area contributed by atoms with E-state index in [0.717, 1.165) is 16.7 Å². The smallest absolute Gasteiger partial charge is 0.289 e. The van der Waals surface area contributed by atoms with Gasteiger partial charge >= 0.3 is 0 Å². The third-order valence-electron chi connectivity index (χ3n) is 4.21. The third kappa shape index (κ3) is 5.93. The molecule has 8 nitrogen and oxygen atoms in total. The van der Waals surface area contributed by atoms with Gasteiger partial charge in [0.2, 0.25) is 15.9 Å². The molecule has 0 radical (unpaired) electrons. The molecule has 0 spiro atoms. The highest BCUT2D eigenvalue weighted by atomic mass is 32.2. The van der Waals surface area contributed by atoms with Crippen molar-refractivity contribution >= 4 is 44.5 Å². The quantitative estimate of drug-likeness (QED) is 0.683. The van der Waals surface area contributed by atoms with Crippen molar-refractivity contribution in [3.8, 4) is 0 Å². The first kappa shape index (κ1) is 23.0. The number of imide groups is 1. The zero-order valence-corrected chi connectivity index (χ0v) is 19.0. The van der Waals surface area contributed by atoms with Crippen molar-refractivity contribution in [2.75, 3.05) is 11.1 Å². The number of thioether (sulfide) groups is 1. The number of benzene rings is 2. The standard InChI is InChI=1S/C21H23N3O5S2/c1-21(2,3)23-31(28,29)17-9-5-8-16(11-17)22-19(26)15-7-4-6-14(10-15)12-24-18(25)13-30-20(24)27/h4-11,23H,12-13H2,1-3H3,(H,22,26). The van der Waals surface area contributed by atoms with Crippen LogP contribution in [0.1, 0.15) is 36.7 Å². The number of sulfonamides is 1. The summed E-state index contributed by atoms with van der Waals surface area (Å²) >= 11 is 0.955. The Morgan fingerprint density at radius 3 is 2.45 bits per heavy atom. The summed E-state index contributed by atoms with van der Waals surface area (Å²) < 4.78 is 27.6. The maximum absolute atomic E-state index is 12.7. The van der Waals surface area contributed by atoms with Crippen LogP contribution in [0.25, 0.3) is 0 Å². The molecule has 1 heterocycles. The van der Waals surface area contributed by atoms with E-state index in [1.807, 2.05) is 0 Å².